The summed E-state index contributed by atoms with van der Waals surface area (Å²) in [5.74, 6) is 2.03. The van der Waals surface area contributed by atoms with E-state index in [1.807, 2.05) is 11.9 Å². The number of piperazine rings is 1. The maximum Gasteiger partial charge on any atom is 0.236 e. The van der Waals surface area contributed by atoms with Crippen molar-refractivity contribution in [2.75, 3.05) is 26.7 Å². The summed E-state index contributed by atoms with van der Waals surface area (Å²) >= 11 is 0. The van der Waals surface area contributed by atoms with Gasteiger partial charge in [0.1, 0.15) is 0 Å². The molecule has 1 aliphatic heterocycles. The second-order valence-corrected chi connectivity index (χ2v) is 6.10. The average Bonchev–Trinajstić information content (AvgIpc) is 2.33. The molecular formula is C14H26N2O. The third kappa shape index (κ3) is 3.01. The Balaban J connectivity index is 1.83. The first-order valence-corrected chi connectivity index (χ1v) is 7.06. The minimum atomic E-state index is 0.294. The van der Waals surface area contributed by atoms with Crippen LogP contribution in [0.5, 0.6) is 0 Å². The first-order chi connectivity index (χ1) is 8.08. The summed E-state index contributed by atoms with van der Waals surface area (Å²) < 4.78 is 0. The van der Waals surface area contributed by atoms with E-state index >= 15 is 0 Å². The molecule has 0 unspecified atom stereocenters. The van der Waals surface area contributed by atoms with Gasteiger partial charge < -0.3 is 4.90 Å². The van der Waals surface area contributed by atoms with E-state index in [1.165, 1.54) is 25.7 Å². The van der Waals surface area contributed by atoms with Gasteiger partial charge in [0.05, 0.1) is 6.54 Å². The van der Waals surface area contributed by atoms with Crippen molar-refractivity contribution in [1.29, 1.82) is 0 Å². The number of hydrogen-bond donors (Lipinski definition) is 0. The number of rotatable bonds is 2. The molecule has 98 valence electrons. The number of carbonyl (C=O) groups is 1. The van der Waals surface area contributed by atoms with Gasteiger partial charge in [0.25, 0.3) is 0 Å². The van der Waals surface area contributed by atoms with E-state index in [0.29, 0.717) is 18.5 Å². The van der Waals surface area contributed by atoms with E-state index < -0.39 is 0 Å². The first kappa shape index (κ1) is 12.9. The van der Waals surface area contributed by atoms with Gasteiger partial charge in [-0.3, -0.25) is 9.69 Å². The van der Waals surface area contributed by atoms with Gasteiger partial charge in [-0.05, 0) is 37.5 Å². The van der Waals surface area contributed by atoms with Gasteiger partial charge in [-0.25, -0.2) is 0 Å². The van der Waals surface area contributed by atoms with Crippen molar-refractivity contribution in [3.63, 3.8) is 0 Å². The molecule has 17 heavy (non-hydrogen) atoms. The van der Waals surface area contributed by atoms with Gasteiger partial charge >= 0.3 is 0 Å². The second-order valence-electron chi connectivity index (χ2n) is 6.10. The van der Waals surface area contributed by atoms with Crippen LogP contribution < -0.4 is 0 Å². The maximum absolute atomic E-state index is 11.7. The van der Waals surface area contributed by atoms with E-state index in [4.69, 9.17) is 0 Å². The van der Waals surface area contributed by atoms with Crippen molar-refractivity contribution >= 4 is 5.91 Å². The van der Waals surface area contributed by atoms with Crippen molar-refractivity contribution in [2.24, 2.45) is 11.8 Å². The number of nitrogens with zero attached hydrogens (tertiary/aromatic N) is 2. The molecule has 0 aromatic heterocycles. The summed E-state index contributed by atoms with van der Waals surface area (Å²) in [5, 5.41) is 0. The molecule has 0 radical (unpaired) electrons. The Morgan fingerprint density at radius 2 is 1.76 bits per heavy atom. The summed E-state index contributed by atoms with van der Waals surface area (Å²) in [4.78, 5) is 16.0. The number of likely N-dealkylation sites (N-methyl/N-ethyl adjacent to an activating group) is 1. The van der Waals surface area contributed by atoms with Crippen LogP contribution in [0.1, 0.15) is 39.5 Å². The van der Waals surface area contributed by atoms with Crippen LogP contribution in [-0.4, -0.2) is 48.4 Å². The summed E-state index contributed by atoms with van der Waals surface area (Å²) in [6.45, 7) is 7.30. The molecule has 1 heterocycles. The van der Waals surface area contributed by atoms with Crippen molar-refractivity contribution in [3.8, 4) is 0 Å². The van der Waals surface area contributed by atoms with Gasteiger partial charge in [-0.15, -0.1) is 0 Å². The zero-order chi connectivity index (χ0) is 12.4. The van der Waals surface area contributed by atoms with Gasteiger partial charge in [0.15, 0.2) is 0 Å². The van der Waals surface area contributed by atoms with Gasteiger partial charge in [-0.1, -0.05) is 13.8 Å². The Morgan fingerprint density at radius 1 is 1.12 bits per heavy atom. The summed E-state index contributed by atoms with van der Waals surface area (Å²) in [6, 6.07) is 0.669. The fraction of sp³-hybridized carbons (Fsp3) is 0.929. The molecule has 3 nitrogen and oxygen atoms in total. The van der Waals surface area contributed by atoms with Crippen LogP contribution in [0.3, 0.4) is 0 Å². The molecule has 3 heteroatoms. The summed E-state index contributed by atoms with van der Waals surface area (Å²) in [6.07, 6.45) is 5.28. The standard InChI is InChI=1S/C14H26N2O/c1-11(2)12-4-6-13(7-5-12)16-9-8-15(3)14(17)10-16/h11-13H,4-10H2,1-3H3/t12-,13+. The predicted molar refractivity (Wildman–Crippen MR) is 69.8 cm³/mol. The largest absolute Gasteiger partial charge is 0.343 e. The third-order valence-corrected chi connectivity index (χ3v) is 4.69. The lowest BCUT2D eigenvalue weighted by Gasteiger charge is -2.41. The smallest absolute Gasteiger partial charge is 0.236 e. The lowest BCUT2D eigenvalue weighted by Crippen LogP contribution is -2.52. The van der Waals surface area contributed by atoms with Crippen molar-refractivity contribution in [2.45, 2.75) is 45.6 Å². The molecule has 2 fully saturated rings. The van der Waals surface area contributed by atoms with Crippen molar-refractivity contribution in [3.05, 3.63) is 0 Å². The minimum absolute atomic E-state index is 0.294. The van der Waals surface area contributed by atoms with E-state index in [1.54, 1.807) is 0 Å². The molecule has 0 aromatic carbocycles. The van der Waals surface area contributed by atoms with Crippen LogP contribution in [0.25, 0.3) is 0 Å². The highest BCUT2D eigenvalue weighted by Gasteiger charge is 2.30. The van der Waals surface area contributed by atoms with Crippen LogP contribution in [0.2, 0.25) is 0 Å². The van der Waals surface area contributed by atoms with Crippen LogP contribution in [0.15, 0.2) is 0 Å². The van der Waals surface area contributed by atoms with Crippen molar-refractivity contribution in [1.82, 2.24) is 9.80 Å². The van der Waals surface area contributed by atoms with E-state index in [9.17, 15) is 4.79 Å². The minimum Gasteiger partial charge on any atom is -0.343 e. The Labute approximate surface area is 105 Å². The van der Waals surface area contributed by atoms with Gasteiger partial charge in [0, 0.05) is 26.2 Å². The topological polar surface area (TPSA) is 23.6 Å². The van der Waals surface area contributed by atoms with E-state index in [-0.39, 0.29) is 0 Å². The van der Waals surface area contributed by atoms with E-state index in [0.717, 1.165) is 24.9 Å². The molecule has 2 rings (SSSR count). The highest BCUT2D eigenvalue weighted by atomic mass is 16.2. The highest BCUT2D eigenvalue weighted by Crippen LogP contribution is 2.32. The predicted octanol–water partition coefficient (Wildman–Crippen LogP) is 1.98. The van der Waals surface area contributed by atoms with Crippen LogP contribution in [-0.2, 0) is 4.79 Å². The second kappa shape index (κ2) is 5.38. The molecule has 0 spiro atoms. The molecule has 0 bridgehead atoms. The molecule has 1 aliphatic carbocycles. The fourth-order valence-corrected chi connectivity index (χ4v) is 3.22. The lowest BCUT2D eigenvalue weighted by atomic mass is 9.79. The first-order valence-electron chi connectivity index (χ1n) is 7.06. The highest BCUT2D eigenvalue weighted by molar-refractivity contribution is 5.78. The third-order valence-electron chi connectivity index (χ3n) is 4.69. The fourth-order valence-electron chi connectivity index (χ4n) is 3.22. The normalized spacial score (nSPS) is 32.2. The zero-order valence-electron chi connectivity index (χ0n) is 11.5. The Bertz CT molecular complexity index is 269. The summed E-state index contributed by atoms with van der Waals surface area (Å²) in [5.41, 5.74) is 0. The average molecular weight is 238 g/mol. The number of amides is 1. The number of carbonyl (C=O) groups excluding carboxylic acids is 1. The zero-order valence-corrected chi connectivity index (χ0v) is 11.5. The summed E-state index contributed by atoms with van der Waals surface area (Å²) in [7, 11) is 1.91. The van der Waals surface area contributed by atoms with Crippen LogP contribution in [0.4, 0.5) is 0 Å². The van der Waals surface area contributed by atoms with Gasteiger partial charge in [-0.2, -0.15) is 0 Å². The monoisotopic (exact) mass is 238 g/mol. The molecule has 1 amide bonds. The molecule has 0 aromatic rings. The van der Waals surface area contributed by atoms with Gasteiger partial charge in [0.2, 0.25) is 5.91 Å². The molecule has 1 saturated heterocycles. The molecule has 0 atom stereocenters. The van der Waals surface area contributed by atoms with Crippen molar-refractivity contribution < 1.29 is 4.79 Å². The van der Waals surface area contributed by atoms with Crippen LogP contribution in [0, 0.1) is 11.8 Å². The molecule has 0 N–H and O–H groups in total. The lowest BCUT2D eigenvalue weighted by molar-refractivity contribution is -0.135. The number of hydrogen-bond acceptors (Lipinski definition) is 2. The quantitative estimate of drug-likeness (QED) is 0.734. The molecular weight excluding hydrogens is 212 g/mol. The Hall–Kier alpha value is -0.570. The SMILES string of the molecule is CC(C)[C@H]1CC[C@@H](N2CCN(C)C(=O)C2)CC1. The maximum atomic E-state index is 11.7. The van der Waals surface area contributed by atoms with E-state index in [2.05, 4.69) is 18.7 Å². The Morgan fingerprint density at radius 3 is 2.29 bits per heavy atom. The Kier molecular flexibility index (Phi) is 4.08. The molecule has 1 saturated carbocycles. The van der Waals surface area contributed by atoms with Crippen LogP contribution >= 0.6 is 0 Å². The molecule has 2 aliphatic rings.